The number of carbonyl (C=O) groups is 1. The molecular formula is C10H12BrNO2S. The van der Waals surface area contributed by atoms with Crippen LogP contribution in [0.2, 0.25) is 0 Å². The predicted octanol–water partition coefficient (Wildman–Crippen LogP) is 3.20. The van der Waals surface area contributed by atoms with E-state index in [0.717, 1.165) is 10.9 Å². The van der Waals surface area contributed by atoms with Gasteiger partial charge in [0.15, 0.2) is 0 Å². The largest absolute Gasteiger partial charge is 0.413 e. The molecule has 1 atom stereocenters. The van der Waals surface area contributed by atoms with Gasteiger partial charge in [0.1, 0.15) is 5.75 Å². The van der Waals surface area contributed by atoms with Crippen LogP contribution < -0.4 is 10.1 Å². The molecule has 0 saturated carbocycles. The second kappa shape index (κ2) is 6.02. The average molecular weight is 290 g/mol. The molecule has 15 heavy (non-hydrogen) atoms. The summed E-state index contributed by atoms with van der Waals surface area (Å²) in [6.07, 6.45) is 0.262. The zero-order valence-corrected chi connectivity index (χ0v) is 10.7. The Morgan fingerprint density at radius 2 is 2.13 bits per heavy atom. The van der Waals surface area contributed by atoms with Crippen LogP contribution in [0.3, 0.4) is 0 Å². The van der Waals surface area contributed by atoms with E-state index in [1.54, 1.807) is 24.3 Å². The first-order valence-corrected chi connectivity index (χ1v) is 5.84. The summed E-state index contributed by atoms with van der Waals surface area (Å²) in [6.45, 7) is 1.93. The minimum atomic E-state index is -0.487. The molecule has 1 N–H and O–H groups in total. The number of hydrogen-bond donors (Lipinski definition) is 2. The van der Waals surface area contributed by atoms with E-state index in [1.807, 2.05) is 6.92 Å². The third-order valence-corrected chi connectivity index (χ3v) is 2.72. The van der Waals surface area contributed by atoms with Gasteiger partial charge in [-0.1, -0.05) is 22.9 Å². The standard InChI is InChI=1S/C10H12BrNO2S/c1-2-9(15)12-10(13)14-8-5-3-7(11)4-6-8/h3-6,9,15H,2H2,1H3,(H,12,13). The Bertz CT molecular complexity index is 329. The van der Waals surface area contributed by atoms with Crippen molar-refractivity contribution in [3.8, 4) is 5.75 Å². The minimum Gasteiger partial charge on any atom is -0.410 e. The molecule has 3 nitrogen and oxygen atoms in total. The van der Waals surface area contributed by atoms with Gasteiger partial charge >= 0.3 is 6.09 Å². The zero-order valence-electron chi connectivity index (χ0n) is 8.24. The van der Waals surface area contributed by atoms with Crippen molar-refractivity contribution in [2.24, 2.45) is 0 Å². The normalized spacial score (nSPS) is 11.9. The molecule has 1 aromatic carbocycles. The number of amides is 1. The molecule has 0 heterocycles. The van der Waals surface area contributed by atoms with Crippen LogP contribution in [0, 0.1) is 0 Å². The molecule has 1 aromatic rings. The van der Waals surface area contributed by atoms with E-state index >= 15 is 0 Å². The van der Waals surface area contributed by atoms with Crippen molar-refractivity contribution in [2.75, 3.05) is 0 Å². The van der Waals surface area contributed by atoms with Crippen molar-refractivity contribution in [1.82, 2.24) is 5.32 Å². The maximum atomic E-state index is 11.3. The van der Waals surface area contributed by atoms with Gasteiger partial charge < -0.3 is 10.1 Å². The first kappa shape index (κ1) is 12.4. The molecule has 5 heteroatoms. The Labute approximate surface area is 103 Å². The van der Waals surface area contributed by atoms with Gasteiger partial charge in [-0.3, -0.25) is 0 Å². The number of carbonyl (C=O) groups excluding carboxylic acids is 1. The quantitative estimate of drug-likeness (QED) is 0.662. The number of nitrogens with one attached hydrogen (secondary N) is 1. The summed E-state index contributed by atoms with van der Waals surface area (Å²) >= 11 is 7.43. The minimum absolute atomic E-state index is 0.173. The second-order valence-corrected chi connectivity index (χ2v) is 4.45. The van der Waals surface area contributed by atoms with Crippen molar-refractivity contribution in [1.29, 1.82) is 0 Å². The van der Waals surface area contributed by atoms with Crippen molar-refractivity contribution < 1.29 is 9.53 Å². The van der Waals surface area contributed by atoms with E-state index in [1.165, 1.54) is 0 Å². The fourth-order valence-corrected chi connectivity index (χ4v) is 1.25. The summed E-state index contributed by atoms with van der Waals surface area (Å²) < 4.78 is 5.96. The van der Waals surface area contributed by atoms with Gasteiger partial charge in [0.05, 0.1) is 5.37 Å². The molecule has 0 radical (unpaired) electrons. The maximum Gasteiger partial charge on any atom is 0.413 e. The number of halogens is 1. The predicted molar refractivity (Wildman–Crippen MR) is 66.4 cm³/mol. The summed E-state index contributed by atoms with van der Waals surface area (Å²) in [6, 6.07) is 7.04. The van der Waals surface area contributed by atoms with Gasteiger partial charge in [-0.2, -0.15) is 12.6 Å². The highest BCUT2D eigenvalue weighted by atomic mass is 79.9. The van der Waals surface area contributed by atoms with E-state index in [4.69, 9.17) is 4.74 Å². The lowest BCUT2D eigenvalue weighted by atomic mass is 10.3. The summed E-state index contributed by atoms with van der Waals surface area (Å²) in [7, 11) is 0. The Balaban J connectivity index is 2.48. The molecule has 82 valence electrons. The molecule has 1 rings (SSSR count). The molecule has 0 aliphatic heterocycles. The first-order chi connectivity index (χ1) is 7.11. The monoisotopic (exact) mass is 289 g/mol. The van der Waals surface area contributed by atoms with E-state index < -0.39 is 6.09 Å². The van der Waals surface area contributed by atoms with E-state index in [9.17, 15) is 4.79 Å². The van der Waals surface area contributed by atoms with Gasteiger partial charge in [0.25, 0.3) is 0 Å². The topological polar surface area (TPSA) is 38.3 Å². The van der Waals surface area contributed by atoms with Gasteiger partial charge in [0, 0.05) is 4.47 Å². The molecule has 0 saturated heterocycles. The molecule has 1 unspecified atom stereocenters. The molecule has 0 aliphatic carbocycles. The van der Waals surface area contributed by atoms with Crippen LogP contribution in [0.4, 0.5) is 4.79 Å². The van der Waals surface area contributed by atoms with Crippen molar-refractivity contribution in [2.45, 2.75) is 18.7 Å². The Kier molecular flexibility index (Phi) is 4.98. The van der Waals surface area contributed by atoms with Crippen LogP contribution in [-0.4, -0.2) is 11.5 Å². The molecule has 0 aromatic heterocycles. The van der Waals surface area contributed by atoms with E-state index in [0.29, 0.717) is 5.75 Å². The van der Waals surface area contributed by atoms with Crippen LogP contribution in [0.1, 0.15) is 13.3 Å². The lowest BCUT2D eigenvalue weighted by Gasteiger charge is -2.10. The van der Waals surface area contributed by atoms with Gasteiger partial charge in [-0.15, -0.1) is 0 Å². The van der Waals surface area contributed by atoms with Crippen LogP contribution >= 0.6 is 28.6 Å². The molecular weight excluding hydrogens is 278 g/mol. The first-order valence-electron chi connectivity index (χ1n) is 4.53. The zero-order chi connectivity index (χ0) is 11.3. The lowest BCUT2D eigenvalue weighted by molar-refractivity contribution is 0.199. The number of benzene rings is 1. The smallest absolute Gasteiger partial charge is 0.410 e. The third kappa shape index (κ3) is 4.57. The van der Waals surface area contributed by atoms with Gasteiger partial charge in [0.2, 0.25) is 0 Å². The van der Waals surface area contributed by atoms with Crippen molar-refractivity contribution in [3.63, 3.8) is 0 Å². The SMILES string of the molecule is CCC(S)NC(=O)Oc1ccc(Br)cc1. The number of ether oxygens (including phenoxy) is 1. The van der Waals surface area contributed by atoms with Gasteiger partial charge in [-0.25, -0.2) is 4.79 Å². The average Bonchev–Trinajstić information content (AvgIpc) is 2.21. The van der Waals surface area contributed by atoms with Crippen LogP contribution in [-0.2, 0) is 0 Å². The third-order valence-electron chi connectivity index (χ3n) is 1.70. The second-order valence-electron chi connectivity index (χ2n) is 2.91. The van der Waals surface area contributed by atoms with E-state index in [-0.39, 0.29) is 5.37 Å². The van der Waals surface area contributed by atoms with Crippen LogP contribution in [0.25, 0.3) is 0 Å². The van der Waals surface area contributed by atoms with Crippen molar-refractivity contribution >= 4 is 34.7 Å². The Morgan fingerprint density at radius 1 is 1.53 bits per heavy atom. The summed E-state index contributed by atoms with van der Waals surface area (Å²) in [5.41, 5.74) is 0. The molecule has 0 aliphatic rings. The highest BCUT2D eigenvalue weighted by molar-refractivity contribution is 9.10. The number of thiol groups is 1. The molecule has 0 fully saturated rings. The maximum absolute atomic E-state index is 11.3. The van der Waals surface area contributed by atoms with Gasteiger partial charge in [-0.05, 0) is 30.7 Å². The molecule has 0 spiro atoms. The highest BCUT2D eigenvalue weighted by Gasteiger charge is 2.07. The summed E-state index contributed by atoms with van der Waals surface area (Å²) in [5.74, 6) is 0.507. The van der Waals surface area contributed by atoms with Crippen molar-refractivity contribution in [3.05, 3.63) is 28.7 Å². The molecule has 0 bridgehead atoms. The fourth-order valence-electron chi connectivity index (χ4n) is 0.877. The fraction of sp³-hybridized carbons (Fsp3) is 0.300. The van der Waals surface area contributed by atoms with E-state index in [2.05, 4.69) is 33.9 Å². The summed E-state index contributed by atoms with van der Waals surface area (Å²) in [5, 5.41) is 2.41. The number of hydrogen-bond acceptors (Lipinski definition) is 3. The van der Waals surface area contributed by atoms with Crippen LogP contribution in [0.15, 0.2) is 28.7 Å². The number of rotatable bonds is 3. The Hall–Kier alpha value is -0.680. The summed E-state index contributed by atoms with van der Waals surface area (Å²) in [4.78, 5) is 11.3. The Morgan fingerprint density at radius 3 is 2.67 bits per heavy atom. The highest BCUT2D eigenvalue weighted by Crippen LogP contribution is 2.16. The van der Waals surface area contributed by atoms with Crippen LogP contribution in [0.5, 0.6) is 5.75 Å². The lowest BCUT2D eigenvalue weighted by Crippen LogP contribution is -2.32. The molecule has 1 amide bonds.